The standard InChI is InChI=1S/C23H33N3O3.ClH/c1-24-12-10-18-5-8-21(16-19(18)11-13-24)26-15-14-25(23(26)29)20-6-2-17(3-7-20)4-9-22(27)28;/h5,8,16-17,20H,2-4,6-7,9-15H2,1H3,(H,27,28);1H/t17-,20-;. The van der Waals surface area contributed by atoms with Crippen molar-refractivity contribution in [3.8, 4) is 0 Å². The Morgan fingerprint density at radius 3 is 2.43 bits per heavy atom. The lowest BCUT2D eigenvalue weighted by Crippen LogP contribution is -2.41. The molecule has 0 atom stereocenters. The molecule has 0 spiro atoms. The van der Waals surface area contributed by atoms with Crippen molar-refractivity contribution < 1.29 is 14.7 Å². The Labute approximate surface area is 185 Å². The fourth-order valence-corrected chi connectivity index (χ4v) is 5.20. The summed E-state index contributed by atoms with van der Waals surface area (Å²) in [5.41, 5.74) is 3.84. The molecule has 2 heterocycles. The number of aliphatic carboxylic acids is 1. The van der Waals surface area contributed by atoms with E-state index in [2.05, 4.69) is 35.0 Å². The monoisotopic (exact) mass is 435 g/mol. The van der Waals surface area contributed by atoms with Crippen LogP contribution in [-0.4, -0.2) is 66.2 Å². The second-order valence-electron chi connectivity index (χ2n) is 8.99. The van der Waals surface area contributed by atoms with E-state index >= 15 is 0 Å². The van der Waals surface area contributed by atoms with Crippen LogP contribution in [0.2, 0.25) is 0 Å². The maximum atomic E-state index is 13.2. The van der Waals surface area contributed by atoms with Gasteiger partial charge in [-0.25, -0.2) is 4.79 Å². The summed E-state index contributed by atoms with van der Waals surface area (Å²) in [4.78, 5) is 30.3. The molecule has 1 saturated heterocycles. The highest BCUT2D eigenvalue weighted by atomic mass is 35.5. The third-order valence-corrected chi connectivity index (χ3v) is 7.09. The third-order valence-electron chi connectivity index (χ3n) is 7.09. The summed E-state index contributed by atoms with van der Waals surface area (Å²) in [6, 6.07) is 7.02. The lowest BCUT2D eigenvalue weighted by molar-refractivity contribution is -0.137. The molecule has 0 radical (unpaired) electrons. The van der Waals surface area contributed by atoms with E-state index in [1.54, 1.807) is 0 Å². The molecule has 2 aliphatic heterocycles. The average Bonchev–Trinajstić information content (AvgIpc) is 3.00. The number of benzene rings is 1. The van der Waals surface area contributed by atoms with E-state index in [4.69, 9.17) is 5.11 Å². The molecule has 30 heavy (non-hydrogen) atoms. The number of urea groups is 1. The van der Waals surface area contributed by atoms with Crippen LogP contribution >= 0.6 is 12.4 Å². The molecule has 1 aromatic carbocycles. The molecular formula is C23H34ClN3O3. The second-order valence-corrected chi connectivity index (χ2v) is 8.99. The highest BCUT2D eigenvalue weighted by Crippen LogP contribution is 2.33. The number of rotatable bonds is 5. The smallest absolute Gasteiger partial charge is 0.324 e. The number of halogens is 1. The van der Waals surface area contributed by atoms with E-state index in [9.17, 15) is 9.59 Å². The van der Waals surface area contributed by atoms with Gasteiger partial charge in [-0.1, -0.05) is 6.07 Å². The first-order valence-electron chi connectivity index (χ1n) is 11.1. The van der Waals surface area contributed by atoms with Gasteiger partial charge < -0.3 is 14.9 Å². The molecule has 3 aliphatic rings. The molecule has 0 aromatic heterocycles. The van der Waals surface area contributed by atoms with Crippen molar-refractivity contribution in [1.29, 1.82) is 0 Å². The summed E-state index contributed by atoms with van der Waals surface area (Å²) in [5.74, 6) is -0.205. The summed E-state index contributed by atoms with van der Waals surface area (Å²) in [5, 5.41) is 8.88. The average molecular weight is 436 g/mol. The van der Waals surface area contributed by atoms with Crippen LogP contribution in [0.15, 0.2) is 18.2 Å². The van der Waals surface area contributed by atoms with Crippen LogP contribution in [0, 0.1) is 5.92 Å². The molecular weight excluding hydrogens is 402 g/mol. The first-order chi connectivity index (χ1) is 14.0. The van der Waals surface area contributed by atoms with Crippen LogP contribution < -0.4 is 4.90 Å². The largest absolute Gasteiger partial charge is 0.481 e. The van der Waals surface area contributed by atoms with Gasteiger partial charge in [0.1, 0.15) is 0 Å². The third kappa shape index (κ3) is 5.09. The number of hydrogen-bond donors (Lipinski definition) is 1. The molecule has 4 rings (SSSR count). The molecule has 2 fully saturated rings. The lowest BCUT2D eigenvalue weighted by Gasteiger charge is -2.34. The van der Waals surface area contributed by atoms with Crippen molar-refractivity contribution in [3.05, 3.63) is 29.3 Å². The zero-order valence-corrected chi connectivity index (χ0v) is 18.7. The first kappa shape index (κ1) is 22.9. The van der Waals surface area contributed by atoms with Gasteiger partial charge in [-0.3, -0.25) is 9.69 Å². The fourth-order valence-electron chi connectivity index (χ4n) is 5.20. The zero-order chi connectivity index (χ0) is 20.4. The van der Waals surface area contributed by atoms with E-state index in [-0.39, 0.29) is 24.9 Å². The summed E-state index contributed by atoms with van der Waals surface area (Å²) in [7, 11) is 2.17. The molecule has 2 amide bonds. The maximum Gasteiger partial charge on any atom is 0.324 e. The van der Waals surface area contributed by atoms with Crippen molar-refractivity contribution >= 4 is 30.1 Å². The SMILES string of the molecule is CN1CCc2ccc(N3CCN([C@H]4CC[C@H](CCC(=O)O)CC4)C3=O)cc2CC1.Cl. The van der Waals surface area contributed by atoms with Gasteiger partial charge in [-0.2, -0.15) is 0 Å². The molecule has 6 nitrogen and oxygen atoms in total. The Morgan fingerprint density at radius 1 is 1.03 bits per heavy atom. The number of fused-ring (bicyclic) bond motifs is 1. The Balaban J connectivity index is 0.00000256. The summed E-state index contributed by atoms with van der Waals surface area (Å²) >= 11 is 0. The van der Waals surface area contributed by atoms with Crippen molar-refractivity contribution in [1.82, 2.24) is 9.80 Å². The van der Waals surface area contributed by atoms with Gasteiger partial charge in [-0.05, 0) is 81.2 Å². The number of amides is 2. The van der Waals surface area contributed by atoms with Gasteiger partial charge in [0.05, 0.1) is 0 Å². The zero-order valence-electron chi connectivity index (χ0n) is 17.9. The van der Waals surface area contributed by atoms with Crippen LogP contribution in [0.5, 0.6) is 0 Å². The van der Waals surface area contributed by atoms with Gasteiger partial charge in [0, 0.05) is 44.3 Å². The van der Waals surface area contributed by atoms with Crippen molar-refractivity contribution in [3.63, 3.8) is 0 Å². The van der Waals surface area contributed by atoms with E-state index in [1.165, 1.54) is 11.1 Å². The minimum atomic E-state index is -0.704. The Kier molecular flexibility index (Phi) is 7.64. The van der Waals surface area contributed by atoms with E-state index < -0.39 is 5.97 Å². The van der Waals surface area contributed by atoms with Crippen LogP contribution in [0.3, 0.4) is 0 Å². The topological polar surface area (TPSA) is 64.1 Å². The molecule has 1 saturated carbocycles. The van der Waals surface area contributed by atoms with Gasteiger partial charge >= 0.3 is 12.0 Å². The minimum absolute atomic E-state index is 0. The molecule has 166 valence electrons. The quantitative estimate of drug-likeness (QED) is 0.763. The molecule has 7 heteroatoms. The van der Waals surface area contributed by atoms with Gasteiger partial charge in [0.2, 0.25) is 0 Å². The number of carboxylic acids is 1. The number of nitrogens with zero attached hydrogens (tertiary/aromatic N) is 3. The predicted octanol–water partition coefficient (Wildman–Crippen LogP) is 3.80. The van der Waals surface area contributed by atoms with E-state index in [0.29, 0.717) is 12.0 Å². The number of carbonyl (C=O) groups is 2. The highest BCUT2D eigenvalue weighted by molar-refractivity contribution is 5.94. The lowest BCUT2D eigenvalue weighted by atomic mass is 9.83. The summed E-state index contributed by atoms with van der Waals surface area (Å²) in [6.07, 6.45) is 7.23. The normalized spacial score (nSPS) is 24.9. The van der Waals surface area contributed by atoms with Crippen molar-refractivity contribution in [2.45, 2.75) is 57.4 Å². The van der Waals surface area contributed by atoms with Crippen molar-refractivity contribution in [2.24, 2.45) is 5.92 Å². The van der Waals surface area contributed by atoms with Crippen molar-refractivity contribution in [2.75, 3.05) is 38.1 Å². The van der Waals surface area contributed by atoms with Crippen LogP contribution in [0.1, 0.15) is 49.7 Å². The van der Waals surface area contributed by atoms with Crippen LogP contribution in [0.4, 0.5) is 10.5 Å². The number of carbonyl (C=O) groups excluding carboxylic acids is 1. The number of hydrogen-bond acceptors (Lipinski definition) is 3. The molecule has 1 aromatic rings. The summed E-state index contributed by atoms with van der Waals surface area (Å²) in [6.45, 7) is 3.72. The highest BCUT2D eigenvalue weighted by Gasteiger charge is 2.36. The maximum absolute atomic E-state index is 13.2. The van der Waals surface area contributed by atoms with Gasteiger partial charge in [0.15, 0.2) is 0 Å². The molecule has 0 unspecified atom stereocenters. The molecule has 0 bridgehead atoms. The van der Waals surface area contributed by atoms with Gasteiger partial charge in [0.25, 0.3) is 0 Å². The fraction of sp³-hybridized carbons (Fsp3) is 0.652. The predicted molar refractivity (Wildman–Crippen MR) is 121 cm³/mol. The van der Waals surface area contributed by atoms with E-state index in [1.807, 2.05) is 4.90 Å². The molecule has 1 aliphatic carbocycles. The van der Waals surface area contributed by atoms with Crippen LogP contribution in [-0.2, 0) is 17.6 Å². The molecule has 1 N–H and O–H groups in total. The Morgan fingerprint density at radius 2 is 1.73 bits per heavy atom. The number of carboxylic acid groups (broad SMARTS) is 1. The van der Waals surface area contributed by atoms with Crippen LogP contribution in [0.25, 0.3) is 0 Å². The second kappa shape index (κ2) is 10.0. The first-order valence-corrected chi connectivity index (χ1v) is 11.1. The van der Waals surface area contributed by atoms with Gasteiger partial charge in [-0.15, -0.1) is 12.4 Å². The number of likely N-dealkylation sites (N-methyl/N-ethyl adjacent to an activating group) is 1. The minimum Gasteiger partial charge on any atom is -0.481 e. The van der Waals surface area contributed by atoms with E-state index in [0.717, 1.165) is 76.8 Å². The Bertz CT molecular complexity index is 764. The number of anilines is 1. The summed E-state index contributed by atoms with van der Waals surface area (Å²) < 4.78 is 0. The Hall–Kier alpha value is -1.79.